The minimum absolute atomic E-state index is 0.0138. The molecule has 0 saturated heterocycles. The van der Waals surface area contributed by atoms with Crippen LogP contribution in [0.5, 0.6) is 0 Å². The first-order valence-corrected chi connectivity index (χ1v) is 6.28. The summed E-state index contributed by atoms with van der Waals surface area (Å²) in [6.07, 6.45) is 2.73. The molecule has 0 aliphatic heterocycles. The van der Waals surface area contributed by atoms with Gasteiger partial charge < -0.3 is 5.73 Å². The molecule has 96 valence electrons. The van der Waals surface area contributed by atoms with Crippen molar-refractivity contribution in [1.29, 1.82) is 0 Å². The van der Waals surface area contributed by atoms with Gasteiger partial charge in [0.1, 0.15) is 0 Å². The molecule has 0 saturated carbocycles. The third kappa shape index (κ3) is 2.62. The minimum atomic E-state index is 0.0138. The lowest BCUT2D eigenvalue weighted by atomic mass is 9.97. The maximum absolute atomic E-state index is 6.29. The highest BCUT2D eigenvalue weighted by Crippen LogP contribution is 2.20. The van der Waals surface area contributed by atoms with Crippen molar-refractivity contribution >= 4 is 0 Å². The van der Waals surface area contributed by atoms with E-state index in [2.05, 4.69) is 44.1 Å². The summed E-state index contributed by atoms with van der Waals surface area (Å²) in [4.78, 5) is 0. The summed E-state index contributed by atoms with van der Waals surface area (Å²) in [6.45, 7) is 6.30. The van der Waals surface area contributed by atoms with E-state index < -0.39 is 0 Å². The lowest BCUT2D eigenvalue weighted by molar-refractivity contribution is 0.700. The highest BCUT2D eigenvalue weighted by molar-refractivity contribution is 5.31. The Morgan fingerprint density at radius 3 is 2.28 bits per heavy atom. The van der Waals surface area contributed by atoms with E-state index in [1.54, 1.807) is 0 Å². The Morgan fingerprint density at radius 1 is 1.17 bits per heavy atom. The van der Waals surface area contributed by atoms with Crippen LogP contribution in [0.4, 0.5) is 0 Å². The lowest BCUT2D eigenvalue weighted by Gasteiger charge is -2.12. The van der Waals surface area contributed by atoms with Crippen LogP contribution in [0, 0.1) is 20.8 Å². The predicted molar refractivity (Wildman–Crippen MR) is 74.5 cm³/mol. The Bertz CT molecular complexity index is 535. The smallest absolute Gasteiger partial charge is 0.0540 e. The fourth-order valence-corrected chi connectivity index (χ4v) is 2.43. The predicted octanol–water partition coefficient (Wildman–Crippen LogP) is 2.59. The van der Waals surface area contributed by atoms with Gasteiger partial charge in [0.25, 0.3) is 0 Å². The van der Waals surface area contributed by atoms with Crippen molar-refractivity contribution in [3.05, 3.63) is 52.3 Å². The Kier molecular flexibility index (Phi) is 3.53. The molecule has 3 heteroatoms. The largest absolute Gasteiger partial charge is 0.324 e. The van der Waals surface area contributed by atoms with Gasteiger partial charge in [-0.1, -0.05) is 29.3 Å². The molecule has 0 bridgehead atoms. The number of rotatable bonds is 3. The van der Waals surface area contributed by atoms with Crippen molar-refractivity contribution in [3.63, 3.8) is 0 Å². The first-order valence-electron chi connectivity index (χ1n) is 6.28. The van der Waals surface area contributed by atoms with Crippen LogP contribution in [-0.2, 0) is 13.5 Å². The van der Waals surface area contributed by atoms with Crippen molar-refractivity contribution in [2.75, 3.05) is 0 Å². The Labute approximate surface area is 109 Å². The summed E-state index contributed by atoms with van der Waals surface area (Å²) in [5, 5.41) is 4.25. The van der Waals surface area contributed by atoms with Crippen LogP contribution in [-0.4, -0.2) is 9.78 Å². The molecule has 1 aromatic heterocycles. The second kappa shape index (κ2) is 4.94. The average Bonchev–Trinajstić information content (AvgIpc) is 2.58. The molecule has 1 atom stereocenters. The summed E-state index contributed by atoms with van der Waals surface area (Å²) in [7, 11) is 1.95. The molecule has 18 heavy (non-hydrogen) atoms. The summed E-state index contributed by atoms with van der Waals surface area (Å²) < 4.78 is 1.87. The van der Waals surface area contributed by atoms with Crippen LogP contribution in [0.3, 0.4) is 0 Å². The van der Waals surface area contributed by atoms with Gasteiger partial charge in [-0.25, -0.2) is 0 Å². The number of nitrogens with two attached hydrogens (primary N) is 1. The molecule has 1 heterocycles. The normalized spacial score (nSPS) is 12.7. The number of aromatic nitrogens is 2. The molecule has 0 spiro atoms. The summed E-state index contributed by atoms with van der Waals surface area (Å²) in [5.41, 5.74) is 12.4. The zero-order valence-corrected chi connectivity index (χ0v) is 11.6. The van der Waals surface area contributed by atoms with Gasteiger partial charge in [0.05, 0.1) is 6.20 Å². The summed E-state index contributed by atoms with van der Waals surface area (Å²) in [6, 6.07) is 6.61. The third-order valence-corrected chi connectivity index (χ3v) is 3.41. The Morgan fingerprint density at radius 2 is 1.78 bits per heavy atom. The van der Waals surface area contributed by atoms with Crippen LogP contribution in [0.2, 0.25) is 0 Å². The highest BCUT2D eigenvalue weighted by Gasteiger charge is 2.13. The topological polar surface area (TPSA) is 43.8 Å². The van der Waals surface area contributed by atoms with Crippen molar-refractivity contribution in [3.8, 4) is 0 Å². The first kappa shape index (κ1) is 12.8. The zero-order valence-electron chi connectivity index (χ0n) is 11.6. The molecular weight excluding hydrogens is 222 g/mol. The molecule has 1 aromatic carbocycles. The maximum Gasteiger partial charge on any atom is 0.0540 e. The molecule has 1 unspecified atom stereocenters. The van der Waals surface area contributed by atoms with E-state index in [4.69, 9.17) is 5.73 Å². The molecule has 0 amide bonds. The van der Waals surface area contributed by atoms with Gasteiger partial charge in [0.15, 0.2) is 0 Å². The van der Waals surface area contributed by atoms with Crippen LogP contribution in [0.1, 0.15) is 34.0 Å². The van der Waals surface area contributed by atoms with Crippen molar-refractivity contribution < 1.29 is 0 Å². The monoisotopic (exact) mass is 243 g/mol. The van der Waals surface area contributed by atoms with Crippen molar-refractivity contribution in [2.45, 2.75) is 33.2 Å². The standard InChI is InChI=1S/C15H21N3/c1-10-5-11(2)7-13(6-10)8-15(16)14-9-17-18(4)12(14)3/h5-7,9,15H,8,16H2,1-4H3. The van der Waals surface area contributed by atoms with E-state index in [9.17, 15) is 0 Å². The molecule has 0 fully saturated rings. The van der Waals surface area contributed by atoms with Crippen molar-refractivity contribution in [1.82, 2.24) is 9.78 Å². The van der Waals surface area contributed by atoms with Gasteiger partial charge in [0.2, 0.25) is 0 Å². The van der Waals surface area contributed by atoms with E-state index in [1.807, 2.05) is 17.9 Å². The zero-order chi connectivity index (χ0) is 13.3. The molecule has 2 aromatic rings. The van der Waals surface area contributed by atoms with E-state index in [-0.39, 0.29) is 6.04 Å². The van der Waals surface area contributed by atoms with Gasteiger partial charge in [0, 0.05) is 24.3 Å². The fraction of sp³-hybridized carbons (Fsp3) is 0.400. The number of hydrogen-bond donors (Lipinski definition) is 1. The first-order chi connectivity index (χ1) is 8.47. The van der Waals surface area contributed by atoms with Gasteiger partial charge >= 0.3 is 0 Å². The van der Waals surface area contributed by atoms with Crippen LogP contribution < -0.4 is 5.73 Å². The second-order valence-electron chi connectivity index (χ2n) is 5.12. The molecule has 2 rings (SSSR count). The van der Waals surface area contributed by atoms with E-state index >= 15 is 0 Å². The molecule has 0 radical (unpaired) electrons. The third-order valence-electron chi connectivity index (χ3n) is 3.41. The van der Waals surface area contributed by atoms with Crippen LogP contribution in [0.25, 0.3) is 0 Å². The average molecular weight is 243 g/mol. The van der Waals surface area contributed by atoms with E-state index in [0.717, 1.165) is 17.7 Å². The number of aryl methyl sites for hydroxylation is 3. The summed E-state index contributed by atoms with van der Waals surface area (Å²) >= 11 is 0. The molecule has 2 N–H and O–H groups in total. The van der Waals surface area contributed by atoms with Gasteiger partial charge in [-0.2, -0.15) is 5.10 Å². The SMILES string of the molecule is Cc1cc(C)cc(CC(N)c2cnn(C)c2C)c1. The molecule has 0 aliphatic carbocycles. The Balaban J connectivity index is 2.21. The van der Waals surface area contributed by atoms with Crippen LogP contribution in [0.15, 0.2) is 24.4 Å². The number of hydrogen-bond acceptors (Lipinski definition) is 2. The maximum atomic E-state index is 6.29. The fourth-order valence-electron chi connectivity index (χ4n) is 2.43. The van der Waals surface area contributed by atoms with Gasteiger partial charge in [-0.05, 0) is 32.8 Å². The second-order valence-corrected chi connectivity index (χ2v) is 5.12. The number of nitrogens with zero attached hydrogens (tertiary/aromatic N) is 2. The Hall–Kier alpha value is -1.61. The lowest BCUT2D eigenvalue weighted by Crippen LogP contribution is -2.14. The molecule has 0 aliphatic rings. The minimum Gasteiger partial charge on any atom is -0.324 e. The van der Waals surface area contributed by atoms with Crippen LogP contribution >= 0.6 is 0 Å². The number of benzene rings is 1. The van der Waals surface area contributed by atoms with Gasteiger partial charge in [-0.3, -0.25) is 4.68 Å². The van der Waals surface area contributed by atoms with E-state index in [1.165, 1.54) is 16.7 Å². The molecule has 3 nitrogen and oxygen atoms in total. The van der Waals surface area contributed by atoms with Crippen molar-refractivity contribution in [2.24, 2.45) is 12.8 Å². The van der Waals surface area contributed by atoms with E-state index in [0.29, 0.717) is 0 Å². The quantitative estimate of drug-likeness (QED) is 0.900. The highest BCUT2D eigenvalue weighted by atomic mass is 15.3. The van der Waals surface area contributed by atoms with Gasteiger partial charge in [-0.15, -0.1) is 0 Å². The molecular formula is C15H21N3. The summed E-state index contributed by atoms with van der Waals surface area (Å²) in [5.74, 6) is 0.